The van der Waals surface area contributed by atoms with Crippen molar-refractivity contribution in [3.8, 4) is 5.75 Å². The number of ether oxygens (including phenoxy) is 1. The molecule has 86 valence electrons. The van der Waals surface area contributed by atoms with E-state index in [1.807, 2.05) is 25.1 Å². The first kappa shape index (κ1) is 11.0. The van der Waals surface area contributed by atoms with Crippen LogP contribution in [0.15, 0.2) is 18.2 Å². The fraction of sp³-hybridized carbons (Fsp3) is 0.462. The summed E-state index contributed by atoms with van der Waals surface area (Å²) >= 11 is 0. The molecule has 1 aromatic rings. The first-order valence-electron chi connectivity index (χ1n) is 5.62. The van der Waals surface area contributed by atoms with Crippen molar-refractivity contribution in [3.05, 3.63) is 29.3 Å². The Morgan fingerprint density at radius 3 is 3.12 bits per heavy atom. The van der Waals surface area contributed by atoms with Crippen molar-refractivity contribution in [1.29, 1.82) is 0 Å². The van der Waals surface area contributed by atoms with Gasteiger partial charge in [0.15, 0.2) is 0 Å². The average molecular weight is 220 g/mol. The smallest absolute Gasteiger partial charge is 0.303 e. The van der Waals surface area contributed by atoms with E-state index >= 15 is 0 Å². The number of carbonyl (C=O) groups is 1. The Hall–Kier alpha value is -1.51. The summed E-state index contributed by atoms with van der Waals surface area (Å²) in [5.41, 5.74) is 2.21. The molecular weight excluding hydrogens is 204 g/mol. The fourth-order valence-corrected chi connectivity index (χ4v) is 2.21. The molecule has 3 nitrogen and oxygen atoms in total. The van der Waals surface area contributed by atoms with Crippen molar-refractivity contribution < 1.29 is 14.6 Å². The molecule has 16 heavy (non-hydrogen) atoms. The monoisotopic (exact) mass is 220 g/mol. The molecule has 3 heteroatoms. The van der Waals surface area contributed by atoms with E-state index in [1.165, 1.54) is 0 Å². The van der Waals surface area contributed by atoms with Gasteiger partial charge in [0.25, 0.3) is 0 Å². The summed E-state index contributed by atoms with van der Waals surface area (Å²) in [5.74, 6) is 0.212. The summed E-state index contributed by atoms with van der Waals surface area (Å²) in [6, 6.07) is 6.00. The van der Waals surface area contributed by atoms with E-state index in [2.05, 4.69) is 0 Å². The Balaban J connectivity index is 2.34. The molecule has 0 saturated carbocycles. The van der Waals surface area contributed by atoms with Gasteiger partial charge in [-0.3, -0.25) is 4.79 Å². The van der Waals surface area contributed by atoms with E-state index in [4.69, 9.17) is 9.84 Å². The third-order valence-corrected chi connectivity index (χ3v) is 2.98. The van der Waals surface area contributed by atoms with Crippen LogP contribution in [0.3, 0.4) is 0 Å². The van der Waals surface area contributed by atoms with Gasteiger partial charge in [0.2, 0.25) is 0 Å². The zero-order valence-corrected chi connectivity index (χ0v) is 9.40. The van der Waals surface area contributed by atoms with Crippen molar-refractivity contribution in [2.45, 2.75) is 32.1 Å². The quantitative estimate of drug-likeness (QED) is 0.833. The highest BCUT2D eigenvalue weighted by Gasteiger charge is 2.22. The molecule has 0 amide bonds. The van der Waals surface area contributed by atoms with Gasteiger partial charge in [0, 0.05) is 0 Å². The number of benzene rings is 1. The van der Waals surface area contributed by atoms with E-state index in [0.29, 0.717) is 6.61 Å². The Bertz CT molecular complexity index is 398. The molecule has 1 N–H and O–H groups in total. The number of fused-ring (bicyclic) bond motifs is 1. The molecule has 0 fully saturated rings. The maximum absolute atomic E-state index is 10.8. The molecule has 1 unspecified atom stereocenters. The zero-order chi connectivity index (χ0) is 11.5. The number of rotatable bonds is 2. The highest BCUT2D eigenvalue weighted by Crippen LogP contribution is 2.35. The molecule has 2 rings (SSSR count). The minimum atomic E-state index is -0.737. The summed E-state index contributed by atoms with van der Waals surface area (Å²) < 4.78 is 5.62. The van der Waals surface area contributed by atoms with E-state index in [-0.39, 0.29) is 12.3 Å². The summed E-state index contributed by atoms with van der Waals surface area (Å²) in [7, 11) is 0. The molecular formula is C13H16O3. The number of hydrogen-bond acceptors (Lipinski definition) is 2. The molecule has 1 heterocycles. The minimum absolute atomic E-state index is 0.0925. The van der Waals surface area contributed by atoms with Crippen LogP contribution in [0.1, 0.15) is 36.3 Å². The van der Waals surface area contributed by atoms with Crippen molar-refractivity contribution in [1.82, 2.24) is 0 Å². The lowest BCUT2D eigenvalue weighted by atomic mass is 9.90. The lowest BCUT2D eigenvalue weighted by Crippen LogP contribution is -2.06. The van der Waals surface area contributed by atoms with Crippen LogP contribution >= 0.6 is 0 Å². The van der Waals surface area contributed by atoms with Gasteiger partial charge >= 0.3 is 5.97 Å². The molecule has 0 bridgehead atoms. The van der Waals surface area contributed by atoms with Crippen LogP contribution in [-0.4, -0.2) is 17.7 Å². The predicted octanol–water partition coefficient (Wildman–Crippen LogP) is 2.73. The summed E-state index contributed by atoms with van der Waals surface area (Å²) in [6.45, 7) is 2.70. The molecule has 1 atom stereocenters. The number of aliphatic carboxylic acids is 1. The maximum Gasteiger partial charge on any atom is 0.303 e. The van der Waals surface area contributed by atoms with E-state index in [0.717, 1.165) is 29.7 Å². The van der Waals surface area contributed by atoms with Gasteiger partial charge in [-0.05, 0) is 37.3 Å². The molecule has 0 saturated heterocycles. The molecule has 0 spiro atoms. The summed E-state index contributed by atoms with van der Waals surface area (Å²) in [5, 5.41) is 8.91. The van der Waals surface area contributed by atoms with Gasteiger partial charge in [-0.25, -0.2) is 0 Å². The number of hydrogen-bond donors (Lipinski definition) is 1. The molecule has 0 aliphatic carbocycles. The molecule has 0 radical (unpaired) electrons. The molecule has 1 aliphatic heterocycles. The summed E-state index contributed by atoms with van der Waals surface area (Å²) in [6.07, 6.45) is 2.01. The lowest BCUT2D eigenvalue weighted by molar-refractivity contribution is -0.137. The van der Waals surface area contributed by atoms with Crippen LogP contribution in [0.25, 0.3) is 0 Å². The van der Waals surface area contributed by atoms with E-state index in [9.17, 15) is 4.79 Å². The second-order valence-corrected chi connectivity index (χ2v) is 4.33. The molecule has 0 aromatic heterocycles. The Kier molecular flexibility index (Phi) is 3.13. The van der Waals surface area contributed by atoms with Crippen LogP contribution in [0.5, 0.6) is 5.75 Å². The Morgan fingerprint density at radius 1 is 1.56 bits per heavy atom. The van der Waals surface area contributed by atoms with Crippen LogP contribution in [0.4, 0.5) is 0 Å². The Labute approximate surface area is 95.0 Å². The second-order valence-electron chi connectivity index (χ2n) is 4.33. The first-order valence-corrected chi connectivity index (χ1v) is 5.62. The van der Waals surface area contributed by atoms with Crippen molar-refractivity contribution in [2.24, 2.45) is 0 Å². The van der Waals surface area contributed by atoms with Crippen LogP contribution in [0.2, 0.25) is 0 Å². The van der Waals surface area contributed by atoms with Gasteiger partial charge in [-0.1, -0.05) is 17.7 Å². The maximum atomic E-state index is 10.8. The minimum Gasteiger partial charge on any atom is -0.493 e. The van der Waals surface area contributed by atoms with Crippen LogP contribution in [0, 0.1) is 6.92 Å². The first-order chi connectivity index (χ1) is 7.66. The predicted molar refractivity (Wildman–Crippen MR) is 60.9 cm³/mol. The largest absolute Gasteiger partial charge is 0.493 e. The van der Waals surface area contributed by atoms with Crippen molar-refractivity contribution in [3.63, 3.8) is 0 Å². The van der Waals surface area contributed by atoms with Crippen molar-refractivity contribution >= 4 is 5.97 Å². The molecule has 1 aliphatic rings. The highest BCUT2D eigenvalue weighted by atomic mass is 16.5. The number of carboxylic acids is 1. The van der Waals surface area contributed by atoms with Crippen LogP contribution in [-0.2, 0) is 4.79 Å². The van der Waals surface area contributed by atoms with Gasteiger partial charge < -0.3 is 9.84 Å². The third kappa shape index (κ3) is 2.35. The Morgan fingerprint density at radius 2 is 2.38 bits per heavy atom. The van der Waals surface area contributed by atoms with Gasteiger partial charge in [-0.15, -0.1) is 0 Å². The zero-order valence-electron chi connectivity index (χ0n) is 9.40. The van der Waals surface area contributed by atoms with Gasteiger partial charge in [0.1, 0.15) is 5.75 Å². The van der Waals surface area contributed by atoms with Crippen LogP contribution < -0.4 is 4.74 Å². The van der Waals surface area contributed by atoms with Gasteiger partial charge in [-0.2, -0.15) is 0 Å². The van der Waals surface area contributed by atoms with Gasteiger partial charge in [0.05, 0.1) is 13.0 Å². The second kappa shape index (κ2) is 4.56. The lowest BCUT2D eigenvalue weighted by Gasteiger charge is -2.15. The standard InChI is InChI=1S/C13H16O3/c1-9-4-5-12-11(7-9)10(8-13(14)15)3-2-6-16-12/h4-5,7,10H,2-3,6,8H2,1H3,(H,14,15). The normalized spacial score (nSPS) is 19.4. The van der Waals surface area contributed by atoms with E-state index < -0.39 is 5.97 Å². The third-order valence-electron chi connectivity index (χ3n) is 2.98. The van der Waals surface area contributed by atoms with Crippen molar-refractivity contribution in [2.75, 3.05) is 6.61 Å². The fourth-order valence-electron chi connectivity index (χ4n) is 2.21. The topological polar surface area (TPSA) is 46.5 Å². The SMILES string of the molecule is Cc1ccc2c(c1)C(CC(=O)O)CCCO2. The highest BCUT2D eigenvalue weighted by molar-refractivity contribution is 5.68. The average Bonchev–Trinajstić information content (AvgIpc) is 2.41. The summed E-state index contributed by atoms with van der Waals surface area (Å²) in [4.78, 5) is 10.8. The van der Waals surface area contributed by atoms with E-state index in [1.54, 1.807) is 0 Å². The number of aryl methyl sites for hydroxylation is 1. The number of carboxylic acid groups (broad SMARTS) is 1. The molecule has 1 aromatic carbocycles.